The summed E-state index contributed by atoms with van der Waals surface area (Å²) in [5, 5.41) is 3.59. The molecule has 82 valence electrons. The molecule has 0 spiro atoms. The maximum absolute atomic E-state index is 4.41. The first-order valence-corrected chi connectivity index (χ1v) is 6.40. The van der Waals surface area contributed by atoms with E-state index in [0.717, 1.165) is 22.8 Å². The Kier molecular flexibility index (Phi) is 3.76. The molecule has 1 saturated carbocycles. The number of nitrogens with zero attached hydrogens (tertiary/aromatic N) is 1. The molecule has 2 rings (SSSR count). The molecule has 1 aromatic rings. The average Bonchev–Trinajstić information content (AvgIpc) is 2.61. The summed E-state index contributed by atoms with van der Waals surface area (Å²) in [6, 6.07) is 6.75. The third-order valence-electron chi connectivity index (χ3n) is 3.18. The van der Waals surface area contributed by atoms with E-state index >= 15 is 0 Å². The van der Waals surface area contributed by atoms with Crippen molar-refractivity contribution < 1.29 is 0 Å². The Morgan fingerprint density at radius 3 is 3.00 bits per heavy atom. The highest BCUT2D eigenvalue weighted by Crippen LogP contribution is 2.24. The molecule has 0 aromatic carbocycles. The minimum Gasteiger partial charge on any atom is -0.308 e. The van der Waals surface area contributed by atoms with Gasteiger partial charge in [-0.2, -0.15) is 0 Å². The number of pyridine rings is 1. The summed E-state index contributed by atoms with van der Waals surface area (Å²) in [4.78, 5) is 4.41. The highest BCUT2D eigenvalue weighted by molar-refractivity contribution is 9.10. The standard InChI is InChI=1S/C12H17BrN2/c1-9-4-2-6-11(9)14-8-10-5-3-7-12(13)15-10/h3,5,7,9,11,14H,2,4,6,8H2,1H3. The van der Waals surface area contributed by atoms with Crippen LogP contribution in [0.3, 0.4) is 0 Å². The summed E-state index contributed by atoms with van der Waals surface area (Å²) in [6.07, 6.45) is 4.05. The van der Waals surface area contributed by atoms with Crippen LogP contribution in [0.15, 0.2) is 22.8 Å². The Morgan fingerprint density at radius 2 is 2.33 bits per heavy atom. The van der Waals surface area contributed by atoms with Gasteiger partial charge < -0.3 is 5.32 Å². The summed E-state index contributed by atoms with van der Waals surface area (Å²) < 4.78 is 0.918. The topological polar surface area (TPSA) is 24.9 Å². The van der Waals surface area contributed by atoms with E-state index in [1.165, 1.54) is 19.3 Å². The van der Waals surface area contributed by atoms with Crippen LogP contribution in [0.2, 0.25) is 0 Å². The van der Waals surface area contributed by atoms with Gasteiger partial charge in [0.2, 0.25) is 0 Å². The van der Waals surface area contributed by atoms with Gasteiger partial charge in [0.1, 0.15) is 4.60 Å². The van der Waals surface area contributed by atoms with Crippen molar-refractivity contribution >= 4 is 15.9 Å². The van der Waals surface area contributed by atoms with Crippen LogP contribution in [-0.4, -0.2) is 11.0 Å². The van der Waals surface area contributed by atoms with Crippen molar-refractivity contribution in [1.82, 2.24) is 10.3 Å². The van der Waals surface area contributed by atoms with Gasteiger partial charge >= 0.3 is 0 Å². The molecule has 1 fully saturated rings. The smallest absolute Gasteiger partial charge is 0.106 e. The number of halogens is 1. The molecule has 1 aliphatic rings. The Labute approximate surface area is 99.6 Å². The Morgan fingerprint density at radius 1 is 1.47 bits per heavy atom. The predicted molar refractivity (Wildman–Crippen MR) is 65.6 cm³/mol. The van der Waals surface area contributed by atoms with Gasteiger partial charge in [-0.1, -0.05) is 19.4 Å². The molecule has 0 radical (unpaired) electrons. The molecule has 2 nitrogen and oxygen atoms in total. The van der Waals surface area contributed by atoms with Gasteiger partial charge in [0.15, 0.2) is 0 Å². The summed E-state index contributed by atoms with van der Waals surface area (Å²) in [5.41, 5.74) is 1.11. The summed E-state index contributed by atoms with van der Waals surface area (Å²) in [5.74, 6) is 0.817. The van der Waals surface area contributed by atoms with Crippen molar-refractivity contribution in [2.45, 2.75) is 38.8 Å². The minimum absolute atomic E-state index is 0.686. The van der Waals surface area contributed by atoms with Crippen LogP contribution in [0.1, 0.15) is 31.9 Å². The second-order valence-corrected chi connectivity index (χ2v) is 5.16. The summed E-state index contributed by atoms with van der Waals surface area (Å²) in [6.45, 7) is 3.22. The molecule has 1 N–H and O–H groups in total. The molecule has 0 bridgehead atoms. The van der Waals surface area contributed by atoms with Crippen LogP contribution in [0, 0.1) is 5.92 Å². The maximum atomic E-state index is 4.41. The van der Waals surface area contributed by atoms with Gasteiger partial charge in [-0.3, -0.25) is 0 Å². The predicted octanol–water partition coefficient (Wildman–Crippen LogP) is 3.12. The molecule has 3 heteroatoms. The molecule has 0 saturated heterocycles. The van der Waals surface area contributed by atoms with Crippen molar-refractivity contribution in [1.29, 1.82) is 0 Å². The first kappa shape index (κ1) is 11.1. The van der Waals surface area contributed by atoms with Crippen molar-refractivity contribution in [2.24, 2.45) is 5.92 Å². The lowest BCUT2D eigenvalue weighted by molar-refractivity contribution is 0.423. The van der Waals surface area contributed by atoms with Crippen LogP contribution in [0.4, 0.5) is 0 Å². The van der Waals surface area contributed by atoms with E-state index in [-0.39, 0.29) is 0 Å². The van der Waals surface area contributed by atoms with Crippen LogP contribution in [0.5, 0.6) is 0 Å². The zero-order valence-corrected chi connectivity index (χ0v) is 10.6. The Bertz CT molecular complexity index is 327. The molecular weight excluding hydrogens is 252 g/mol. The molecule has 1 aliphatic carbocycles. The molecule has 1 aromatic heterocycles. The molecule has 0 amide bonds. The molecule has 1 heterocycles. The van der Waals surface area contributed by atoms with Crippen LogP contribution >= 0.6 is 15.9 Å². The van der Waals surface area contributed by atoms with Crippen molar-refractivity contribution in [3.8, 4) is 0 Å². The monoisotopic (exact) mass is 268 g/mol. The first-order chi connectivity index (χ1) is 7.25. The van der Waals surface area contributed by atoms with Crippen LogP contribution in [0.25, 0.3) is 0 Å². The highest BCUT2D eigenvalue weighted by atomic mass is 79.9. The second kappa shape index (κ2) is 5.08. The van der Waals surface area contributed by atoms with E-state index in [9.17, 15) is 0 Å². The zero-order valence-electron chi connectivity index (χ0n) is 9.04. The Hall–Kier alpha value is -0.410. The normalized spacial score (nSPS) is 25.7. The lowest BCUT2D eigenvalue weighted by Crippen LogP contribution is -2.30. The summed E-state index contributed by atoms with van der Waals surface area (Å²) in [7, 11) is 0. The summed E-state index contributed by atoms with van der Waals surface area (Å²) >= 11 is 3.39. The maximum Gasteiger partial charge on any atom is 0.106 e. The zero-order chi connectivity index (χ0) is 10.7. The molecule has 2 atom stereocenters. The third-order valence-corrected chi connectivity index (χ3v) is 3.62. The van der Waals surface area contributed by atoms with Crippen LogP contribution in [-0.2, 0) is 6.54 Å². The lowest BCUT2D eigenvalue weighted by Gasteiger charge is -2.16. The number of hydrogen-bond acceptors (Lipinski definition) is 2. The van der Waals surface area contributed by atoms with E-state index in [4.69, 9.17) is 0 Å². The number of hydrogen-bond donors (Lipinski definition) is 1. The second-order valence-electron chi connectivity index (χ2n) is 4.35. The average molecular weight is 269 g/mol. The van der Waals surface area contributed by atoms with Gasteiger partial charge in [0.05, 0.1) is 5.69 Å². The quantitative estimate of drug-likeness (QED) is 0.853. The van der Waals surface area contributed by atoms with E-state index in [1.54, 1.807) is 0 Å². The highest BCUT2D eigenvalue weighted by Gasteiger charge is 2.22. The number of nitrogens with one attached hydrogen (secondary N) is 1. The fourth-order valence-corrected chi connectivity index (χ4v) is 2.61. The molecule has 15 heavy (non-hydrogen) atoms. The SMILES string of the molecule is CC1CCCC1NCc1cccc(Br)n1. The molecular formula is C12H17BrN2. The fraction of sp³-hybridized carbons (Fsp3) is 0.583. The van der Waals surface area contributed by atoms with E-state index < -0.39 is 0 Å². The fourth-order valence-electron chi connectivity index (χ4n) is 2.23. The van der Waals surface area contributed by atoms with Gasteiger partial charge in [-0.05, 0) is 46.8 Å². The largest absolute Gasteiger partial charge is 0.308 e. The van der Waals surface area contributed by atoms with E-state index in [1.807, 2.05) is 12.1 Å². The van der Waals surface area contributed by atoms with E-state index in [0.29, 0.717) is 6.04 Å². The van der Waals surface area contributed by atoms with Gasteiger partial charge in [0.25, 0.3) is 0 Å². The van der Waals surface area contributed by atoms with Crippen molar-refractivity contribution in [3.05, 3.63) is 28.5 Å². The number of rotatable bonds is 3. The van der Waals surface area contributed by atoms with Crippen LogP contribution < -0.4 is 5.32 Å². The lowest BCUT2D eigenvalue weighted by atomic mass is 10.1. The number of aromatic nitrogens is 1. The van der Waals surface area contributed by atoms with Crippen molar-refractivity contribution in [3.63, 3.8) is 0 Å². The first-order valence-electron chi connectivity index (χ1n) is 5.60. The van der Waals surface area contributed by atoms with Gasteiger partial charge in [-0.15, -0.1) is 0 Å². The Balaban J connectivity index is 1.87. The van der Waals surface area contributed by atoms with Crippen molar-refractivity contribution in [2.75, 3.05) is 0 Å². The van der Waals surface area contributed by atoms with Gasteiger partial charge in [-0.25, -0.2) is 4.98 Å². The minimum atomic E-state index is 0.686. The van der Waals surface area contributed by atoms with E-state index in [2.05, 4.69) is 39.2 Å². The third kappa shape index (κ3) is 3.02. The molecule has 2 unspecified atom stereocenters. The molecule has 0 aliphatic heterocycles. The van der Waals surface area contributed by atoms with Gasteiger partial charge in [0, 0.05) is 12.6 Å².